The number of aryl methyl sites for hydroxylation is 1. The van der Waals surface area contributed by atoms with E-state index < -0.39 is 75.8 Å². The Kier molecular flexibility index (Phi) is 14.6. The quantitative estimate of drug-likeness (QED) is 0.0750. The Morgan fingerprint density at radius 3 is 2.33 bits per heavy atom. The minimum absolute atomic E-state index is 0.00575. The van der Waals surface area contributed by atoms with E-state index >= 15 is 17.6 Å². The van der Waals surface area contributed by atoms with Crippen molar-refractivity contribution in [3.63, 3.8) is 0 Å². The SMILES string of the molecule is CC1CN(C2CCN(C(=O)C3(O)CCC(NCC4(c5ccccc5)Oc5cc(F)c(Cl)c(-c6c(C(N)=O)ccc(OCCO)c6F)c5C4C)CC3)CC2)CCC1c1c(F)cc2c(N3CCC(=O)NC3=O)nn(C)c2c1F. The first-order valence-electron chi connectivity index (χ1n) is 25.9. The number of anilines is 1. The second-order valence-corrected chi connectivity index (χ2v) is 21.4. The summed E-state index contributed by atoms with van der Waals surface area (Å²) in [6, 6.07) is 13.4. The van der Waals surface area contributed by atoms with Crippen LogP contribution < -0.4 is 30.7 Å². The largest absolute Gasteiger partial charge is 0.488 e. The van der Waals surface area contributed by atoms with E-state index in [0.29, 0.717) is 63.8 Å². The van der Waals surface area contributed by atoms with Crippen molar-refractivity contribution < 1.29 is 56.4 Å². The number of rotatable bonds is 13. The van der Waals surface area contributed by atoms with Crippen molar-refractivity contribution in [2.75, 3.05) is 57.4 Å². The Morgan fingerprint density at radius 1 is 0.934 bits per heavy atom. The molecule has 1 saturated carbocycles. The summed E-state index contributed by atoms with van der Waals surface area (Å²) in [7, 11) is 1.54. The number of nitrogens with zero attached hydrogens (tertiary/aromatic N) is 5. The fourth-order valence-electron chi connectivity index (χ4n) is 12.6. The van der Waals surface area contributed by atoms with Crippen LogP contribution in [0, 0.1) is 29.2 Å². The molecule has 4 atom stereocenters. The highest BCUT2D eigenvalue weighted by Crippen LogP contribution is 2.57. The molecule has 5 amide bonds. The molecule has 16 nitrogen and oxygen atoms in total. The zero-order chi connectivity index (χ0) is 54.0. The van der Waals surface area contributed by atoms with Crippen molar-refractivity contribution in [2.45, 2.75) is 100 Å². The van der Waals surface area contributed by atoms with Crippen molar-refractivity contribution in [2.24, 2.45) is 18.7 Å². The number of primary amides is 1. The number of hydrogen-bond acceptors (Lipinski definition) is 11. The second-order valence-electron chi connectivity index (χ2n) is 21.0. The molecule has 0 spiro atoms. The third-order valence-electron chi connectivity index (χ3n) is 16.7. The first-order chi connectivity index (χ1) is 36.3. The van der Waals surface area contributed by atoms with Crippen LogP contribution in [0.1, 0.15) is 104 Å². The molecule has 76 heavy (non-hydrogen) atoms. The lowest BCUT2D eigenvalue weighted by Gasteiger charge is -2.46. The summed E-state index contributed by atoms with van der Waals surface area (Å²) in [5.74, 6) is -6.37. The highest BCUT2D eigenvalue weighted by molar-refractivity contribution is 6.34. The van der Waals surface area contributed by atoms with Gasteiger partial charge in [-0.05, 0) is 87.1 Å². The highest BCUT2D eigenvalue weighted by atomic mass is 35.5. The Bertz CT molecular complexity index is 3110. The number of urea groups is 1. The number of hydrogen-bond donors (Lipinski definition) is 5. The van der Waals surface area contributed by atoms with E-state index in [1.807, 2.05) is 44.2 Å². The van der Waals surface area contributed by atoms with Crippen LogP contribution in [-0.4, -0.2) is 124 Å². The molecule has 10 rings (SSSR count). The molecule has 5 aromatic rings. The summed E-state index contributed by atoms with van der Waals surface area (Å²) >= 11 is 6.71. The van der Waals surface area contributed by atoms with Crippen LogP contribution in [0.15, 0.2) is 54.6 Å². The van der Waals surface area contributed by atoms with Gasteiger partial charge in [0.15, 0.2) is 28.8 Å². The van der Waals surface area contributed by atoms with E-state index in [4.69, 9.17) is 26.8 Å². The van der Waals surface area contributed by atoms with Crippen LogP contribution >= 0.6 is 11.6 Å². The van der Waals surface area contributed by atoms with E-state index in [2.05, 4.69) is 20.6 Å². The minimum atomic E-state index is -1.58. The molecule has 4 unspecified atom stereocenters. The molecular weight excluding hydrogens is 1010 g/mol. The van der Waals surface area contributed by atoms with Gasteiger partial charge in [-0.15, -0.1) is 0 Å². The van der Waals surface area contributed by atoms with Crippen molar-refractivity contribution in [3.05, 3.63) is 105 Å². The van der Waals surface area contributed by atoms with Crippen LogP contribution in [0.5, 0.6) is 11.5 Å². The predicted octanol–water partition coefficient (Wildman–Crippen LogP) is 7.14. The van der Waals surface area contributed by atoms with Gasteiger partial charge in [-0.25, -0.2) is 22.4 Å². The number of likely N-dealkylation sites (tertiary alicyclic amines) is 2. The van der Waals surface area contributed by atoms with Crippen LogP contribution in [0.25, 0.3) is 22.0 Å². The maximum absolute atomic E-state index is 16.5. The van der Waals surface area contributed by atoms with Gasteiger partial charge >= 0.3 is 6.03 Å². The number of aliphatic hydroxyl groups excluding tert-OH is 1. The van der Waals surface area contributed by atoms with Gasteiger partial charge in [-0.1, -0.05) is 55.8 Å². The minimum Gasteiger partial charge on any atom is -0.488 e. The summed E-state index contributed by atoms with van der Waals surface area (Å²) in [6.07, 6.45) is 3.18. The summed E-state index contributed by atoms with van der Waals surface area (Å²) in [5, 5.41) is 31.2. The number of halogens is 5. The third-order valence-corrected chi connectivity index (χ3v) is 17.0. The number of nitrogens with two attached hydrogens (primary N) is 1. The Balaban J connectivity index is 0.777. The Labute approximate surface area is 441 Å². The summed E-state index contributed by atoms with van der Waals surface area (Å²) in [6.45, 7) is 5.47. The summed E-state index contributed by atoms with van der Waals surface area (Å²) < 4.78 is 78.4. The van der Waals surface area contributed by atoms with Gasteiger partial charge in [-0.3, -0.25) is 34.2 Å². The molecule has 0 radical (unpaired) electrons. The van der Waals surface area contributed by atoms with E-state index in [9.17, 15) is 29.4 Å². The van der Waals surface area contributed by atoms with Crippen molar-refractivity contribution in [1.82, 2.24) is 30.2 Å². The summed E-state index contributed by atoms with van der Waals surface area (Å²) in [5.41, 5.74) is 3.38. The fourth-order valence-corrected chi connectivity index (χ4v) is 12.9. The predicted molar refractivity (Wildman–Crippen MR) is 274 cm³/mol. The Morgan fingerprint density at radius 2 is 1.66 bits per heavy atom. The molecule has 1 aromatic heterocycles. The normalized spacial score (nSPS) is 25.4. The van der Waals surface area contributed by atoms with Gasteiger partial charge in [0.2, 0.25) is 11.8 Å². The first-order valence-corrected chi connectivity index (χ1v) is 26.3. The van der Waals surface area contributed by atoms with Gasteiger partial charge < -0.3 is 35.6 Å². The molecule has 21 heteroatoms. The molecule has 6 N–H and O–H groups in total. The van der Waals surface area contributed by atoms with Gasteiger partial charge in [0.25, 0.3) is 5.91 Å². The molecule has 0 bridgehead atoms. The van der Waals surface area contributed by atoms with Crippen molar-refractivity contribution in [1.29, 1.82) is 0 Å². The molecule has 404 valence electrons. The second kappa shape index (κ2) is 20.9. The molecular formula is C55H61ClF4N8O8. The topological polar surface area (TPSA) is 205 Å². The average molecular weight is 1070 g/mol. The Hall–Kier alpha value is -6.32. The maximum Gasteiger partial charge on any atom is 0.329 e. The summed E-state index contributed by atoms with van der Waals surface area (Å²) in [4.78, 5) is 56.6. The molecule has 4 aliphatic heterocycles. The fraction of sp³-hybridized carbons (Fsp3) is 0.473. The van der Waals surface area contributed by atoms with Crippen molar-refractivity contribution >= 4 is 52.1 Å². The van der Waals surface area contributed by atoms with E-state index in [-0.39, 0.29) is 113 Å². The van der Waals surface area contributed by atoms with E-state index in [1.165, 1.54) is 27.8 Å². The van der Waals surface area contributed by atoms with Gasteiger partial charge in [0.05, 0.1) is 22.6 Å². The molecule has 4 fully saturated rings. The van der Waals surface area contributed by atoms with Gasteiger partial charge in [0.1, 0.15) is 35.1 Å². The number of carbonyl (C=O) groups excluding carboxylic acids is 4. The number of aliphatic hydroxyl groups is 2. The molecule has 4 aromatic carbocycles. The molecule has 5 aliphatic rings. The maximum atomic E-state index is 16.5. The molecule has 3 saturated heterocycles. The number of imide groups is 1. The number of ether oxygens (including phenoxy) is 2. The monoisotopic (exact) mass is 1070 g/mol. The average Bonchev–Trinajstić information content (AvgIpc) is 3.95. The number of fused-ring (bicyclic) bond motifs is 2. The molecule has 5 heterocycles. The number of aromatic nitrogens is 2. The van der Waals surface area contributed by atoms with E-state index in [0.717, 1.165) is 11.6 Å². The van der Waals surface area contributed by atoms with Gasteiger partial charge in [-0.2, -0.15) is 5.10 Å². The number of benzene rings is 4. The van der Waals surface area contributed by atoms with E-state index in [1.54, 1.807) is 11.9 Å². The number of carbonyl (C=O) groups is 4. The first kappa shape index (κ1) is 53.1. The lowest BCUT2D eigenvalue weighted by molar-refractivity contribution is -0.157. The van der Waals surface area contributed by atoms with Crippen molar-refractivity contribution in [3.8, 4) is 22.6 Å². The lowest BCUT2D eigenvalue weighted by atomic mass is 9.76. The zero-order valence-electron chi connectivity index (χ0n) is 42.4. The molecule has 1 aliphatic carbocycles. The standard InChI is InChI=1S/C55H61ClF4N8O8/c1-29-27-67(21-15-34(29)43-37(57)25-36-49(48(43)60)65(3)64-51(36)68-22-16-41(70)63-53(68)73)33-13-19-66(20-14-33)52(72)54(74)17-11-32(12-18-54)62-28-55(31-7-5-4-6-8-31)30(2)42-40(76-55)26-38(58)46(56)45(42)44-35(50(61)71)9-10-39(47(44)59)75-24-23-69/h4-10,25-26,29-30,32-34,62,69,74H,11-24,27-28H2,1-3H3,(H2,61,71)(H,63,70,73). The third kappa shape index (κ3) is 9.32. The van der Waals surface area contributed by atoms with Crippen LogP contribution in [0.4, 0.5) is 28.2 Å². The van der Waals surface area contributed by atoms with Crippen LogP contribution in [0.3, 0.4) is 0 Å². The highest BCUT2D eigenvalue weighted by Gasteiger charge is 2.51. The number of piperidine rings is 2. The van der Waals surface area contributed by atoms with Crippen LogP contribution in [-0.2, 0) is 22.2 Å². The van der Waals surface area contributed by atoms with Crippen LogP contribution in [0.2, 0.25) is 5.02 Å². The zero-order valence-corrected chi connectivity index (χ0v) is 43.2. The lowest BCUT2D eigenvalue weighted by Crippen LogP contribution is -2.57. The van der Waals surface area contributed by atoms with Gasteiger partial charge in [0, 0.05) is 92.5 Å². The smallest absolute Gasteiger partial charge is 0.329 e. The number of amides is 5. The number of nitrogens with one attached hydrogen (secondary N) is 2.